The minimum Gasteiger partial charge on any atom is -0.306 e. The van der Waals surface area contributed by atoms with E-state index in [4.69, 9.17) is 0 Å². The molecule has 0 spiro atoms. The Kier molecular flexibility index (Phi) is 3.13. The lowest BCUT2D eigenvalue weighted by Crippen LogP contribution is -2.29. The van der Waals surface area contributed by atoms with E-state index in [0.29, 0.717) is 12.2 Å². The average molecular weight is 151 g/mol. The molecule has 0 aromatic carbocycles. The van der Waals surface area contributed by atoms with E-state index in [0.717, 1.165) is 25.9 Å². The summed E-state index contributed by atoms with van der Waals surface area (Å²) in [6.07, 6.45) is 2.90. The van der Waals surface area contributed by atoms with E-state index in [1.165, 1.54) is 0 Å². The van der Waals surface area contributed by atoms with Gasteiger partial charge in [-0.05, 0) is 38.9 Å². The number of carbonyl (C=O) groups excluding carboxylic acids is 1. The van der Waals surface area contributed by atoms with Gasteiger partial charge >= 0.3 is 0 Å². The lowest BCUT2D eigenvalue weighted by atomic mass is 9.98. The summed E-state index contributed by atoms with van der Waals surface area (Å²) >= 11 is 0. The van der Waals surface area contributed by atoms with Crippen LogP contribution in [0.3, 0.4) is 0 Å². The van der Waals surface area contributed by atoms with Gasteiger partial charge in [-0.25, -0.2) is 0 Å². The van der Waals surface area contributed by atoms with E-state index in [1.54, 1.807) is 0 Å². The third-order valence-electron chi connectivity index (χ3n) is 2.06. The molecule has 1 saturated heterocycles. The molecule has 2 heteroatoms. The van der Waals surface area contributed by atoms with Gasteiger partial charge in [0.1, 0.15) is 0 Å². The Balaban J connectivity index is 2.33. The van der Waals surface area contributed by atoms with Gasteiger partial charge in [0.25, 0.3) is 0 Å². The Bertz CT molecular complexity index is 181. The van der Waals surface area contributed by atoms with Crippen LogP contribution in [0.25, 0.3) is 0 Å². The number of carbonyl (C=O) groups is 1. The molecule has 1 heterocycles. The third kappa shape index (κ3) is 2.73. The normalized spacial score (nSPS) is 20.5. The average Bonchev–Trinajstić information content (AvgIpc) is 2.04. The van der Waals surface area contributed by atoms with Gasteiger partial charge in [-0.3, -0.25) is 4.79 Å². The van der Waals surface area contributed by atoms with Crippen molar-refractivity contribution in [2.75, 3.05) is 20.1 Å². The number of aldehydes is 1. The molecule has 0 saturated carbocycles. The fourth-order valence-corrected chi connectivity index (χ4v) is 1.30. The van der Waals surface area contributed by atoms with Crippen LogP contribution in [0.4, 0.5) is 0 Å². The van der Waals surface area contributed by atoms with E-state index in [2.05, 4.69) is 23.8 Å². The Labute approximate surface area is 67.6 Å². The highest BCUT2D eigenvalue weighted by molar-refractivity contribution is 5.72. The second kappa shape index (κ2) is 4.15. The first-order valence-corrected chi connectivity index (χ1v) is 3.96. The lowest BCUT2D eigenvalue weighted by Gasteiger charge is -2.25. The molecule has 0 atom stereocenters. The molecule has 0 unspecified atom stereocenters. The maximum Gasteiger partial charge on any atom is 0.192 e. The topological polar surface area (TPSA) is 20.3 Å². The quantitative estimate of drug-likeness (QED) is 0.372. The summed E-state index contributed by atoms with van der Waals surface area (Å²) in [4.78, 5) is 12.2. The highest BCUT2D eigenvalue weighted by atomic mass is 16.1. The predicted octanol–water partition coefficient (Wildman–Crippen LogP) is 0.531. The Morgan fingerprint density at radius 3 is 2.64 bits per heavy atom. The molecule has 0 radical (unpaired) electrons. The van der Waals surface area contributed by atoms with Crippen LogP contribution in [0, 0.1) is 17.8 Å². The van der Waals surface area contributed by atoms with Crippen molar-refractivity contribution < 1.29 is 4.79 Å². The second-order valence-electron chi connectivity index (χ2n) is 2.98. The van der Waals surface area contributed by atoms with Crippen LogP contribution in [0.5, 0.6) is 0 Å². The number of piperidine rings is 1. The summed E-state index contributed by atoms with van der Waals surface area (Å²) in [6.45, 7) is 2.22. The first kappa shape index (κ1) is 8.29. The molecule has 1 aliphatic heterocycles. The van der Waals surface area contributed by atoms with Crippen molar-refractivity contribution in [2.45, 2.75) is 12.8 Å². The van der Waals surface area contributed by atoms with E-state index in [-0.39, 0.29) is 0 Å². The molecule has 0 N–H and O–H groups in total. The number of hydrogen-bond acceptors (Lipinski definition) is 2. The van der Waals surface area contributed by atoms with E-state index >= 15 is 0 Å². The molecule has 0 amide bonds. The van der Waals surface area contributed by atoms with Crippen LogP contribution < -0.4 is 0 Å². The Hall–Kier alpha value is -0.810. The number of hydrogen-bond donors (Lipinski definition) is 0. The molecule has 0 aromatic heterocycles. The van der Waals surface area contributed by atoms with Crippen molar-refractivity contribution in [3.63, 3.8) is 0 Å². The molecular weight excluding hydrogens is 138 g/mol. The summed E-state index contributed by atoms with van der Waals surface area (Å²) in [5.41, 5.74) is 0. The highest BCUT2D eigenvalue weighted by Gasteiger charge is 2.13. The predicted molar refractivity (Wildman–Crippen MR) is 44.1 cm³/mol. The zero-order chi connectivity index (χ0) is 8.10. The molecule has 60 valence electrons. The summed E-state index contributed by atoms with van der Waals surface area (Å²) in [6, 6.07) is 0. The van der Waals surface area contributed by atoms with Gasteiger partial charge in [-0.15, -0.1) is 0 Å². The largest absolute Gasteiger partial charge is 0.306 e. The maximum absolute atomic E-state index is 9.93. The van der Waals surface area contributed by atoms with Gasteiger partial charge in [0.05, 0.1) is 0 Å². The van der Waals surface area contributed by atoms with Gasteiger partial charge < -0.3 is 4.90 Å². The molecule has 1 rings (SSSR count). The van der Waals surface area contributed by atoms with Gasteiger partial charge in [-0.2, -0.15) is 0 Å². The van der Waals surface area contributed by atoms with Crippen molar-refractivity contribution in [1.82, 2.24) is 4.90 Å². The SMILES string of the molecule is CN1CCC(C#CC=O)CC1. The first-order chi connectivity index (χ1) is 5.33. The van der Waals surface area contributed by atoms with Crippen molar-refractivity contribution >= 4 is 6.29 Å². The minimum absolute atomic E-state index is 0.455. The first-order valence-electron chi connectivity index (χ1n) is 3.96. The molecule has 1 fully saturated rings. The van der Waals surface area contributed by atoms with Crippen molar-refractivity contribution in [3.05, 3.63) is 0 Å². The molecule has 0 aromatic rings. The summed E-state index contributed by atoms with van der Waals surface area (Å²) in [5, 5.41) is 0. The lowest BCUT2D eigenvalue weighted by molar-refractivity contribution is -0.103. The standard InChI is InChI=1S/C9H13NO/c1-10-6-4-9(5-7-10)3-2-8-11/h8-9H,4-7H2,1H3. The third-order valence-corrected chi connectivity index (χ3v) is 2.06. The smallest absolute Gasteiger partial charge is 0.192 e. The maximum atomic E-state index is 9.93. The van der Waals surface area contributed by atoms with Gasteiger partial charge in [-0.1, -0.05) is 5.92 Å². The van der Waals surface area contributed by atoms with Gasteiger partial charge in [0.15, 0.2) is 6.29 Å². The van der Waals surface area contributed by atoms with Crippen molar-refractivity contribution in [2.24, 2.45) is 5.92 Å². The second-order valence-corrected chi connectivity index (χ2v) is 2.98. The summed E-state index contributed by atoms with van der Waals surface area (Å²) < 4.78 is 0. The molecule has 11 heavy (non-hydrogen) atoms. The Morgan fingerprint density at radius 1 is 1.45 bits per heavy atom. The van der Waals surface area contributed by atoms with Crippen LogP contribution >= 0.6 is 0 Å². The summed E-state index contributed by atoms with van der Waals surface area (Å²) in [7, 11) is 2.11. The van der Waals surface area contributed by atoms with E-state index in [1.807, 2.05) is 0 Å². The zero-order valence-electron chi connectivity index (χ0n) is 6.84. The van der Waals surface area contributed by atoms with Crippen LogP contribution in [0.15, 0.2) is 0 Å². The van der Waals surface area contributed by atoms with Crippen LogP contribution in [-0.2, 0) is 4.79 Å². The Morgan fingerprint density at radius 2 is 2.09 bits per heavy atom. The van der Waals surface area contributed by atoms with E-state index in [9.17, 15) is 4.79 Å². The highest BCUT2D eigenvalue weighted by Crippen LogP contribution is 2.13. The fourth-order valence-electron chi connectivity index (χ4n) is 1.30. The van der Waals surface area contributed by atoms with E-state index < -0.39 is 0 Å². The van der Waals surface area contributed by atoms with Gasteiger partial charge in [0.2, 0.25) is 0 Å². The zero-order valence-corrected chi connectivity index (χ0v) is 6.84. The fraction of sp³-hybridized carbons (Fsp3) is 0.667. The molecule has 0 bridgehead atoms. The minimum atomic E-state index is 0.455. The van der Waals surface area contributed by atoms with Crippen LogP contribution in [-0.4, -0.2) is 31.3 Å². The van der Waals surface area contributed by atoms with Crippen LogP contribution in [0.1, 0.15) is 12.8 Å². The molecular formula is C9H13NO. The monoisotopic (exact) mass is 151 g/mol. The van der Waals surface area contributed by atoms with Crippen molar-refractivity contribution in [1.29, 1.82) is 0 Å². The number of nitrogens with zero attached hydrogens (tertiary/aromatic N) is 1. The summed E-state index contributed by atoms with van der Waals surface area (Å²) in [5.74, 6) is 5.89. The van der Waals surface area contributed by atoms with Gasteiger partial charge in [0, 0.05) is 5.92 Å². The number of rotatable bonds is 0. The van der Waals surface area contributed by atoms with Crippen LogP contribution in [0.2, 0.25) is 0 Å². The molecule has 0 aliphatic carbocycles. The van der Waals surface area contributed by atoms with Crippen molar-refractivity contribution in [3.8, 4) is 11.8 Å². The molecule has 1 aliphatic rings. The number of likely N-dealkylation sites (tertiary alicyclic amines) is 1. The molecule has 2 nitrogen and oxygen atoms in total.